The summed E-state index contributed by atoms with van der Waals surface area (Å²) in [6, 6.07) is 19.2. The summed E-state index contributed by atoms with van der Waals surface area (Å²) in [5.74, 6) is 0. The van der Waals surface area contributed by atoms with Crippen LogP contribution >= 0.6 is 0 Å². The molecule has 21 heavy (non-hydrogen) atoms. The molecule has 3 heteroatoms. The second kappa shape index (κ2) is 5.37. The molecule has 0 unspecified atom stereocenters. The Morgan fingerprint density at radius 3 is 2.00 bits per heavy atom. The van der Waals surface area contributed by atoms with Crippen LogP contribution < -0.4 is 15.8 Å². The fraction of sp³-hybridized carbons (Fsp3) is 0.111. The van der Waals surface area contributed by atoms with E-state index in [2.05, 4.69) is 0 Å². The van der Waals surface area contributed by atoms with Crippen LogP contribution in [0.25, 0.3) is 11.1 Å². The second-order valence-corrected chi connectivity index (χ2v) is 5.09. The number of anilines is 1. The predicted octanol–water partition coefficient (Wildman–Crippen LogP) is 2.59. The van der Waals surface area contributed by atoms with Gasteiger partial charge in [-0.1, -0.05) is 60.7 Å². The Labute approximate surface area is 122 Å². The van der Waals surface area contributed by atoms with Gasteiger partial charge in [0.05, 0.1) is 5.56 Å². The summed E-state index contributed by atoms with van der Waals surface area (Å²) >= 11 is 0. The van der Waals surface area contributed by atoms with Crippen LogP contribution in [0.1, 0.15) is 5.56 Å². The number of hydrogen-bond donors (Lipinski definition) is 0. The van der Waals surface area contributed by atoms with Gasteiger partial charge in [0.2, 0.25) is 10.9 Å². The zero-order valence-corrected chi connectivity index (χ0v) is 11.7. The van der Waals surface area contributed by atoms with Gasteiger partial charge in [-0.05, 0) is 11.1 Å². The van der Waals surface area contributed by atoms with Crippen molar-refractivity contribution in [2.45, 2.75) is 6.54 Å². The molecule has 3 aromatic rings. The van der Waals surface area contributed by atoms with E-state index in [0.29, 0.717) is 17.8 Å². The molecule has 0 spiro atoms. The molecule has 104 valence electrons. The van der Waals surface area contributed by atoms with Crippen LogP contribution in [0.2, 0.25) is 0 Å². The molecule has 0 radical (unpaired) electrons. The summed E-state index contributed by atoms with van der Waals surface area (Å²) in [5, 5.41) is 0. The molecule has 0 aliphatic carbocycles. The smallest absolute Gasteiger partial charge is 0.250 e. The molecule has 0 saturated carbocycles. The van der Waals surface area contributed by atoms with Gasteiger partial charge in [-0.3, -0.25) is 9.59 Å². The number of rotatable bonds is 4. The van der Waals surface area contributed by atoms with Gasteiger partial charge in [-0.2, -0.15) is 0 Å². The lowest BCUT2D eigenvalue weighted by atomic mass is 9.97. The van der Waals surface area contributed by atoms with E-state index in [0.717, 1.165) is 11.1 Å². The molecule has 3 rings (SSSR count). The molecule has 0 N–H and O–H groups in total. The highest BCUT2D eigenvalue weighted by Gasteiger charge is 2.24. The van der Waals surface area contributed by atoms with E-state index in [1.54, 1.807) is 0 Å². The Hall–Kier alpha value is -2.68. The van der Waals surface area contributed by atoms with Crippen molar-refractivity contribution in [3.8, 4) is 11.1 Å². The third kappa shape index (κ3) is 2.38. The summed E-state index contributed by atoms with van der Waals surface area (Å²) in [7, 11) is 1.84. The Morgan fingerprint density at radius 1 is 0.810 bits per heavy atom. The van der Waals surface area contributed by atoms with Crippen molar-refractivity contribution in [3.05, 3.63) is 86.7 Å². The highest BCUT2D eigenvalue weighted by atomic mass is 16.2. The maximum atomic E-state index is 11.9. The zero-order valence-electron chi connectivity index (χ0n) is 11.7. The first kappa shape index (κ1) is 13.3. The lowest BCUT2D eigenvalue weighted by Gasteiger charge is -2.23. The minimum Gasteiger partial charge on any atom is -0.366 e. The normalized spacial score (nSPS) is 10.7. The van der Waals surface area contributed by atoms with Crippen molar-refractivity contribution < 1.29 is 0 Å². The number of nitrogens with zero attached hydrogens (tertiary/aromatic N) is 1. The van der Waals surface area contributed by atoms with Crippen LogP contribution in [-0.4, -0.2) is 7.05 Å². The largest absolute Gasteiger partial charge is 0.366 e. The minimum absolute atomic E-state index is 0.392. The average molecular weight is 277 g/mol. The van der Waals surface area contributed by atoms with E-state index in [-0.39, 0.29) is 0 Å². The van der Waals surface area contributed by atoms with Crippen molar-refractivity contribution in [1.29, 1.82) is 0 Å². The Morgan fingerprint density at radius 2 is 1.38 bits per heavy atom. The standard InChI is InChI=1S/C18H15NO2/c1-19(12-13-8-4-2-5-9-13)16-15(17(20)18(16)21)14-10-6-3-7-11-14/h2-11H,12H2,1H3. The van der Waals surface area contributed by atoms with Crippen LogP contribution in [0.5, 0.6) is 0 Å². The van der Waals surface area contributed by atoms with Gasteiger partial charge < -0.3 is 4.90 Å². The van der Waals surface area contributed by atoms with Crippen LogP contribution in [0.4, 0.5) is 5.69 Å². The summed E-state index contributed by atoms with van der Waals surface area (Å²) in [6.07, 6.45) is 0. The molecule has 3 aromatic carbocycles. The first-order valence-electron chi connectivity index (χ1n) is 6.82. The maximum Gasteiger partial charge on any atom is 0.250 e. The molecule has 0 aliphatic heterocycles. The molecule has 3 nitrogen and oxygen atoms in total. The van der Waals surface area contributed by atoms with E-state index < -0.39 is 10.9 Å². The molecular formula is C18H15NO2. The van der Waals surface area contributed by atoms with E-state index in [9.17, 15) is 9.59 Å². The van der Waals surface area contributed by atoms with E-state index in [1.807, 2.05) is 72.6 Å². The molecule has 0 aliphatic rings. The molecule has 0 saturated heterocycles. The third-order valence-corrected chi connectivity index (χ3v) is 3.59. The monoisotopic (exact) mass is 277 g/mol. The molecule has 0 atom stereocenters. The van der Waals surface area contributed by atoms with Gasteiger partial charge in [-0.15, -0.1) is 0 Å². The van der Waals surface area contributed by atoms with Crippen molar-refractivity contribution in [2.24, 2.45) is 0 Å². The zero-order chi connectivity index (χ0) is 14.8. The van der Waals surface area contributed by atoms with Crippen LogP contribution in [0.3, 0.4) is 0 Å². The Kier molecular flexibility index (Phi) is 3.40. The highest BCUT2D eigenvalue weighted by molar-refractivity contribution is 5.82. The van der Waals surface area contributed by atoms with Crippen molar-refractivity contribution in [1.82, 2.24) is 0 Å². The van der Waals surface area contributed by atoms with Crippen LogP contribution in [-0.2, 0) is 6.54 Å². The van der Waals surface area contributed by atoms with E-state index in [4.69, 9.17) is 0 Å². The van der Waals surface area contributed by atoms with Crippen molar-refractivity contribution in [2.75, 3.05) is 11.9 Å². The van der Waals surface area contributed by atoms with Crippen LogP contribution in [0, 0.1) is 0 Å². The highest BCUT2D eigenvalue weighted by Crippen LogP contribution is 2.26. The number of benzene rings is 2. The third-order valence-electron chi connectivity index (χ3n) is 3.59. The predicted molar refractivity (Wildman–Crippen MR) is 85.3 cm³/mol. The Balaban J connectivity index is 1.95. The van der Waals surface area contributed by atoms with E-state index in [1.165, 1.54) is 0 Å². The second-order valence-electron chi connectivity index (χ2n) is 5.09. The molecule has 0 fully saturated rings. The minimum atomic E-state index is -0.396. The summed E-state index contributed by atoms with van der Waals surface area (Å²) in [6.45, 7) is 0.603. The lowest BCUT2D eigenvalue weighted by Crippen LogP contribution is -2.40. The SMILES string of the molecule is CN(Cc1ccccc1)c1c(-c2ccccc2)c(=O)c1=O. The molecule has 0 heterocycles. The first-order chi connectivity index (χ1) is 10.2. The van der Waals surface area contributed by atoms with Gasteiger partial charge in [0, 0.05) is 13.6 Å². The Bertz CT molecular complexity index is 815. The molecule has 0 aromatic heterocycles. The lowest BCUT2D eigenvalue weighted by molar-refractivity contribution is 0.910. The van der Waals surface area contributed by atoms with Crippen LogP contribution in [0.15, 0.2) is 70.3 Å². The van der Waals surface area contributed by atoms with Gasteiger partial charge >= 0.3 is 0 Å². The van der Waals surface area contributed by atoms with Gasteiger partial charge in [0.25, 0.3) is 0 Å². The molecule has 0 amide bonds. The molecule has 0 bridgehead atoms. The molecular weight excluding hydrogens is 262 g/mol. The summed E-state index contributed by atoms with van der Waals surface area (Å²) in [5.41, 5.74) is 2.15. The van der Waals surface area contributed by atoms with E-state index >= 15 is 0 Å². The fourth-order valence-electron chi connectivity index (χ4n) is 2.55. The van der Waals surface area contributed by atoms with Gasteiger partial charge in [-0.25, -0.2) is 0 Å². The summed E-state index contributed by atoms with van der Waals surface area (Å²) in [4.78, 5) is 25.7. The van der Waals surface area contributed by atoms with Gasteiger partial charge in [0.15, 0.2) is 0 Å². The topological polar surface area (TPSA) is 37.4 Å². The fourth-order valence-corrected chi connectivity index (χ4v) is 2.55. The quantitative estimate of drug-likeness (QED) is 0.688. The summed E-state index contributed by atoms with van der Waals surface area (Å²) < 4.78 is 0. The number of hydrogen-bond acceptors (Lipinski definition) is 3. The first-order valence-corrected chi connectivity index (χ1v) is 6.82. The van der Waals surface area contributed by atoms with Crippen molar-refractivity contribution in [3.63, 3.8) is 0 Å². The average Bonchev–Trinajstić information content (AvgIpc) is 2.53. The maximum absolute atomic E-state index is 11.9. The van der Waals surface area contributed by atoms with Crippen molar-refractivity contribution >= 4 is 5.69 Å². The van der Waals surface area contributed by atoms with Gasteiger partial charge in [0.1, 0.15) is 5.69 Å².